The van der Waals surface area contributed by atoms with Crippen LogP contribution >= 0.6 is 11.6 Å². The summed E-state index contributed by atoms with van der Waals surface area (Å²) in [5.74, 6) is -0.887. The van der Waals surface area contributed by atoms with Crippen molar-refractivity contribution >= 4 is 52.5 Å². The minimum Gasteiger partial charge on any atom is -0.462 e. The quantitative estimate of drug-likeness (QED) is 0.233. The van der Waals surface area contributed by atoms with E-state index in [0.29, 0.717) is 17.1 Å². The summed E-state index contributed by atoms with van der Waals surface area (Å²) >= 11 is 5.84. The Hall–Kier alpha value is -3.92. The molecule has 3 aromatic rings. The minimum absolute atomic E-state index is 0.0641. The van der Waals surface area contributed by atoms with Crippen LogP contribution in [-0.4, -0.2) is 34.2 Å². The highest BCUT2D eigenvalue weighted by Crippen LogP contribution is 2.26. The first kappa shape index (κ1) is 37.1. The predicted octanol–water partition coefficient (Wildman–Crippen LogP) is 9.36. The molecular weight excluding hydrogens is 549 g/mol. The Balaban J connectivity index is 0.00000250. The van der Waals surface area contributed by atoms with Gasteiger partial charge in [0, 0.05) is 23.3 Å². The molecule has 0 spiro atoms. The molecule has 1 heterocycles. The van der Waals surface area contributed by atoms with Gasteiger partial charge in [0.1, 0.15) is 17.0 Å². The van der Waals surface area contributed by atoms with E-state index < -0.39 is 23.5 Å². The molecule has 0 aliphatic rings. The zero-order valence-corrected chi connectivity index (χ0v) is 26.4. The van der Waals surface area contributed by atoms with Gasteiger partial charge in [-0.25, -0.2) is 19.0 Å². The molecule has 226 valence electrons. The third kappa shape index (κ3) is 13.3. The maximum atomic E-state index is 13.5. The van der Waals surface area contributed by atoms with Crippen molar-refractivity contribution < 1.29 is 23.5 Å². The Bertz CT molecular complexity index is 1240. The summed E-state index contributed by atoms with van der Waals surface area (Å²) in [5, 5.41) is 8.56. The molecular formula is C30H43ClFN5O4. The fraction of sp³-hybridized carbons (Fsp3) is 0.400. The standard InChI is InChI=1S/C24H25ClFN5O4.3C2H6/c1-5-34-21(32)17-13-27-22(29-16-9-10-19(26)18(25)12-16)31-20(17)28-14-7-6-8-15(11-14)30-23(33)35-24(2,3)4;3*1-2/h6-13H,5H2,1-4H3,(H,30,33)(H2,27,28,29,31);3*1-2H3. The van der Waals surface area contributed by atoms with Crippen LogP contribution in [0.2, 0.25) is 5.02 Å². The lowest BCUT2D eigenvalue weighted by molar-refractivity contribution is 0.0525. The maximum Gasteiger partial charge on any atom is 0.412 e. The molecule has 0 aliphatic carbocycles. The van der Waals surface area contributed by atoms with Crippen molar-refractivity contribution in [1.82, 2.24) is 9.97 Å². The van der Waals surface area contributed by atoms with E-state index in [4.69, 9.17) is 21.1 Å². The number of rotatable bonds is 7. The molecule has 0 aliphatic heterocycles. The lowest BCUT2D eigenvalue weighted by Gasteiger charge is -2.20. The number of benzene rings is 2. The second-order valence-corrected chi connectivity index (χ2v) is 8.67. The number of nitrogens with zero attached hydrogens (tertiary/aromatic N) is 2. The molecule has 0 atom stereocenters. The SMILES string of the molecule is CC.CC.CC.CCOC(=O)c1cnc(Nc2ccc(F)c(Cl)c2)nc1Nc1cccc(NC(=O)OC(C)(C)C)c1. The number of ether oxygens (including phenoxy) is 2. The predicted molar refractivity (Wildman–Crippen MR) is 166 cm³/mol. The van der Waals surface area contributed by atoms with Gasteiger partial charge in [0.15, 0.2) is 5.82 Å². The zero-order valence-electron chi connectivity index (χ0n) is 25.6. The van der Waals surface area contributed by atoms with Gasteiger partial charge in [-0.15, -0.1) is 0 Å². The summed E-state index contributed by atoms with van der Waals surface area (Å²) in [5.41, 5.74) is 0.900. The monoisotopic (exact) mass is 591 g/mol. The Morgan fingerprint density at radius 1 is 0.927 bits per heavy atom. The van der Waals surface area contributed by atoms with E-state index in [1.165, 1.54) is 24.4 Å². The molecule has 0 saturated heterocycles. The second kappa shape index (κ2) is 19.2. The molecule has 9 nitrogen and oxygen atoms in total. The van der Waals surface area contributed by atoms with Crippen LogP contribution in [-0.2, 0) is 9.47 Å². The number of hydrogen-bond acceptors (Lipinski definition) is 8. The van der Waals surface area contributed by atoms with E-state index >= 15 is 0 Å². The van der Waals surface area contributed by atoms with Gasteiger partial charge in [-0.05, 0) is 64.1 Å². The molecule has 0 bridgehead atoms. The van der Waals surface area contributed by atoms with Gasteiger partial charge in [-0.1, -0.05) is 59.2 Å². The van der Waals surface area contributed by atoms with Crippen LogP contribution in [0.4, 0.5) is 38.0 Å². The van der Waals surface area contributed by atoms with E-state index in [1.54, 1.807) is 52.0 Å². The van der Waals surface area contributed by atoms with E-state index in [1.807, 2.05) is 41.5 Å². The molecule has 1 amide bonds. The fourth-order valence-electron chi connectivity index (χ4n) is 2.83. The topological polar surface area (TPSA) is 114 Å². The van der Waals surface area contributed by atoms with Crippen LogP contribution in [0.5, 0.6) is 0 Å². The summed E-state index contributed by atoms with van der Waals surface area (Å²) in [6, 6.07) is 10.8. The number of aromatic nitrogens is 2. The number of amides is 1. The highest BCUT2D eigenvalue weighted by atomic mass is 35.5. The van der Waals surface area contributed by atoms with Crippen molar-refractivity contribution in [3.8, 4) is 0 Å². The first-order valence-corrected chi connectivity index (χ1v) is 14.0. The van der Waals surface area contributed by atoms with Gasteiger partial charge < -0.3 is 20.1 Å². The average Bonchev–Trinajstić information content (AvgIpc) is 2.93. The molecule has 41 heavy (non-hydrogen) atoms. The number of halogens is 2. The number of anilines is 5. The molecule has 11 heteroatoms. The lowest BCUT2D eigenvalue weighted by Crippen LogP contribution is -2.27. The average molecular weight is 592 g/mol. The van der Waals surface area contributed by atoms with Gasteiger partial charge in [0.2, 0.25) is 5.95 Å². The Kier molecular flexibility index (Phi) is 17.4. The van der Waals surface area contributed by atoms with E-state index in [0.717, 1.165) is 0 Å². The molecule has 0 fully saturated rings. The van der Waals surface area contributed by atoms with Gasteiger partial charge >= 0.3 is 12.1 Å². The van der Waals surface area contributed by atoms with Crippen molar-refractivity contribution in [1.29, 1.82) is 0 Å². The highest BCUT2D eigenvalue weighted by Gasteiger charge is 2.18. The summed E-state index contributed by atoms with van der Waals surface area (Å²) in [7, 11) is 0. The summed E-state index contributed by atoms with van der Waals surface area (Å²) < 4.78 is 23.8. The van der Waals surface area contributed by atoms with Crippen molar-refractivity contribution in [3.63, 3.8) is 0 Å². The van der Waals surface area contributed by atoms with Crippen molar-refractivity contribution in [2.24, 2.45) is 0 Å². The number of carbonyl (C=O) groups is 2. The maximum absolute atomic E-state index is 13.5. The third-order valence-electron chi connectivity index (χ3n) is 4.23. The van der Waals surface area contributed by atoms with Gasteiger partial charge in [-0.3, -0.25) is 5.32 Å². The van der Waals surface area contributed by atoms with Gasteiger partial charge in [0.05, 0.1) is 11.6 Å². The summed E-state index contributed by atoms with van der Waals surface area (Å²) in [4.78, 5) is 33.1. The number of nitrogens with one attached hydrogen (secondary N) is 3. The zero-order chi connectivity index (χ0) is 31.6. The van der Waals surface area contributed by atoms with Crippen LogP contribution in [0.25, 0.3) is 0 Å². The van der Waals surface area contributed by atoms with E-state index in [-0.39, 0.29) is 29.0 Å². The first-order chi connectivity index (χ1) is 19.5. The fourth-order valence-corrected chi connectivity index (χ4v) is 3.01. The Morgan fingerprint density at radius 2 is 1.54 bits per heavy atom. The second-order valence-electron chi connectivity index (χ2n) is 8.26. The lowest BCUT2D eigenvalue weighted by atomic mass is 10.2. The van der Waals surface area contributed by atoms with E-state index in [2.05, 4.69) is 25.9 Å². The molecule has 0 unspecified atom stereocenters. The third-order valence-corrected chi connectivity index (χ3v) is 4.52. The van der Waals surface area contributed by atoms with Gasteiger partial charge in [0.25, 0.3) is 0 Å². The molecule has 1 aromatic heterocycles. The van der Waals surface area contributed by atoms with Crippen molar-refractivity contribution in [3.05, 3.63) is 65.1 Å². The minimum atomic E-state index is -0.645. The number of esters is 1. The molecule has 0 radical (unpaired) electrons. The van der Waals surface area contributed by atoms with Crippen LogP contribution < -0.4 is 16.0 Å². The molecule has 3 rings (SSSR count). The van der Waals surface area contributed by atoms with Crippen molar-refractivity contribution in [2.75, 3.05) is 22.6 Å². The number of carbonyl (C=O) groups excluding carboxylic acids is 2. The van der Waals surface area contributed by atoms with E-state index in [9.17, 15) is 14.0 Å². The molecule has 2 aromatic carbocycles. The summed E-state index contributed by atoms with van der Waals surface area (Å²) in [6.07, 6.45) is 0.706. The van der Waals surface area contributed by atoms with Crippen LogP contribution in [0.1, 0.15) is 79.6 Å². The van der Waals surface area contributed by atoms with Gasteiger partial charge in [-0.2, -0.15) is 4.98 Å². The largest absolute Gasteiger partial charge is 0.462 e. The van der Waals surface area contributed by atoms with Crippen LogP contribution in [0, 0.1) is 5.82 Å². The summed E-state index contributed by atoms with van der Waals surface area (Å²) in [6.45, 7) is 19.2. The van der Waals surface area contributed by atoms with Crippen molar-refractivity contribution in [2.45, 2.75) is 74.8 Å². The molecule has 3 N–H and O–H groups in total. The highest BCUT2D eigenvalue weighted by molar-refractivity contribution is 6.31. The van der Waals surface area contributed by atoms with Crippen LogP contribution in [0.3, 0.4) is 0 Å². The Labute approximate surface area is 248 Å². The Morgan fingerprint density at radius 3 is 2.12 bits per heavy atom. The molecule has 0 saturated carbocycles. The first-order valence-electron chi connectivity index (χ1n) is 13.7. The smallest absolute Gasteiger partial charge is 0.412 e. The normalized spacial score (nSPS) is 9.76. The number of hydrogen-bond donors (Lipinski definition) is 3. The van der Waals surface area contributed by atoms with Crippen LogP contribution in [0.15, 0.2) is 48.7 Å².